The van der Waals surface area contributed by atoms with E-state index in [0.717, 1.165) is 15.8 Å². The largest absolute Gasteiger partial charge is 0.493 e. The number of aliphatic hydroxyl groups excluding tert-OH is 1. The van der Waals surface area contributed by atoms with Crippen molar-refractivity contribution in [3.63, 3.8) is 0 Å². The van der Waals surface area contributed by atoms with Crippen LogP contribution in [0.5, 0.6) is 5.75 Å². The Kier molecular flexibility index (Phi) is 4.25. The quantitative estimate of drug-likeness (QED) is 0.826. The van der Waals surface area contributed by atoms with Crippen LogP contribution in [0.1, 0.15) is 12.0 Å². The highest BCUT2D eigenvalue weighted by molar-refractivity contribution is 9.10. The topological polar surface area (TPSA) is 29.5 Å². The average molecular weight is 245 g/mol. The lowest BCUT2D eigenvalue weighted by Gasteiger charge is -2.06. The van der Waals surface area contributed by atoms with E-state index in [1.807, 2.05) is 25.1 Å². The Morgan fingerprint density at radius 2 is 2.23 bits per heavy atom. The number of halogens is 1. The third-order valence-corrected chi connectivity index (χ3v) is 2.59. The molecule has 0 aliphatic carbocycles. The van der Waals surface area contributed by atoms with E-state index < -0.39 is 0 Å². The summed E-state index contributed by atoms with van der Waals surface area (Å²) in [6.45, 7) is 2.76. The van der Waals surface area contributed by atoms with Gasteiger partial charge in [-0.25, -0.2) is 0 Å². The molecule has 1 aromatic carbocycles. The first-order valence-electron chi connectivity index (χ1n) is 4.24. The molecule has 72 valence electrons. The summed E-state index contributed by atoms with van der Waals surface area (Å²) < 4.78 is 6.49. The van der Waals surface area contributed by atoms with Gasteiger partial charge in [0, 0.05) is 17.5 Å². The predicted octanol–water partition coefficient (Wildman–Crippen LogP) is 2.52. The van der Waals surface area contributed by atoms with Gasteiger partial charge in [0.05, 0.1) is 6.61 Å². The monoisotopic (exact) mass is 244 g/mol. The zero-order valence-corrected chi connectivity index (χ0v) is 9.17. The molecule has 0 aromatic heterocycles. The Morgan fingerprint density at radius 1 is 1.46 bits per heavy atom. The van der Waals surface area contributed by atoms with Crippen LogP contribution in [-0.4, -0.2) is 18.3 Å². The number of ether oxygens (including phenoxy) is 1. The molecule has 1 rings (SSSR count). The molecule has 1 N–H and O–H groups in total. The summed E-state index contributed by atoms with van der Waals surface area (Å²) in [5.41, 5.74) is 1.15. The molecule has 0 fully saturated rings. The highest BCUT2D eigenvalue weighted by atomic mass is 79.9. The van der Waals surface area contributed by atoms with Crippen molar-refractivity contribution in [3.8, 4) is 5.75 Å². The highest BCUT2D eigenvalue weighted by Crippen LogP contribution is 2.21. The minimum atomic E-state index is 0.176. The van der Waals surface area contributed by atoms with Crippen LogP contribution in [0.15, 0.2) is 22.7 Å². The Bertz CT molecular complexity index is 274. The van der Waals surface area contributed by atoms with Gasteiger partial charge in [-0.15, -0.1) is 0 Å². The molecule has 0 saturated heterocycles. The summed E-state index contributed by atoms with van der Waals surface area (Å²) in [7, 11) is 0. The first kappa shape index (κ1) is 10.5. The smallest absolute Gasteiger partial charge is 0.119 e. The van der Waals surface area contributed by atoms with E-state index in [1.165, 1.54) is 0 Å². The van der Waals surface area contributed by atoms with Gasteiger partial charge in [-0.1, -0.05) is 15.9 Å². The van der Waals surface area contributed by atoms with E-state index >= 15 is 0 Å². The maximum Gasteiger partial charge on any atom is 0.119 e. The number of aliphatic hydroxyl groups is 1. The molecule has 0 unspecified atom stereocenters. The van der Waals surface area contributed by atoms with Crippen molar-refractivity contribution < 1.29 is 9.84 Å². The second kappa shape index (κ2) is 5.25. The second-order valence-electron chi connectivity index (χ2n) is 2.84. The summed E-state index contributed by atoms with van der Waals surface area (Å²) in [4.78, 5) is 0. The van der Waals surface area contributed by atoms with Gasteiger partial charge in [0.2, 0.25) is 0 Å². The van der Waals surface area contributed by atoms with Crippen molar-refractivity contribution >= 4 is 15.9 Å². The standard InChI is InChI=1S/C10H13BrO2/c1-8-7-9(3-4-10(8)11)13-6-2-5-12/h3-4,7,12H,2,5-6H2,1H3. The fraction of sp³-hybridized carbons (Fsp3) is 0.400. The van der Waals surface area contributed by atoms with Crippen molar-refractivity contribution in [2.45, 2.75) is 13.3 Å². The van der Waals surface area contributed by atoms with Crippen LogP contribution in [0, 0.1) is 6.92 Å². The third-order valence-electron chi connectivity index (χ3n) is 1.70. The minimum Gasteiger partial charge on any atom is -0.493 e. The molecule has 0 spiro atoms. The van der Waals surface area contributed by atoms with Gasteiger partial charge in [-0.2, -0.15) is 0 Å². The molecule has 3 heteroatoms. The van der Waals surface area contributed by atoms with Crippen LogP contribution in [0.25, 0.3) is 0 Å². The molecule has 13 heavy (non-hydrogen) atoms. The number of benzene rings is 1. The van der Waals surface area contributed by atoms with Gasteiger partial charge >= 0.3 is 0 Å². The fourth-order valence-corrected chi connectivity index (χ4v) is 1.21. The van der Waals surface area contributed by atoms with Crippen molar-refractivity contribution in [1.29, 1.82) is 0 Å². The first-order chi connectivity index (χ1) is 6.24. The van der Waals surface area contributed by atoms with Crippen molar-refractivity contribution in [1.82, 2.24) is 0 Å². The Labute approximate surface area is 86.7 Å². The summed E-state index contributed by atoms with van der Waals surface area (Å²) in [5, 5.41) is 8.56. The summed E-state index contributed by atoms with van der Waals surface area (Å²) in [5.74, 6) is 0.856. The van der Waals surface area contributed by atoms with E-state index in [4.69, 9.17) is 9.84 Å². The van der Waals surface area contributed by atoms with Crippen LogP contribution in [-0.2, 0) is 0 Å². The number of hydrogen-bond acceptors (Lipinski definition) is 2. The second-order valence-corrected chi connectivity index (χ2v) is 3.69. The fourth-order valence-electron chi connectivity index (χ4n) is 0.962. The molecular formula is C10H13BrO2. The maximum absolute atomic E-state index is 8.56. The first-order valence-corrected chi connectivity index (χ1v) is 5.03. The van der Waals surface area contributed by atoms with Crippen LogP contribution in [0.4, 0.5) is 0 Å². The molecule has 0 atom stereocenters. The molecular weight excluding hydrogens is 232 g/mol. The molecule has 1 aromatic rings. The predicted molar refractivity (Wildman–Crippen MR) is 56.1 cm³/mol. The lowest BCUT2D eigenvalue weighted by atomic mass is 10.2. The zero-order chi connectivity index (χ0) is 9.68. The van der Waals surface area contributed by atoms with Gasteiger partial charge in [0.25, 0.3) is 0 Å². The Morgan fingerprint density at radius 3 is 2.85 bits per heavy atom. The molecule has 2 nitrogen and oxygen atoms in total. The SMILES string of the molecule is Cc1cc(OCCCO)ccc1Br. The van der Waals surface area contributed by atoms with Crippen molar-refractivity contribution in [2.75, 3.05) is 13.2 Å². The number of rotatable bonds is 4. The average Bonchev–Trinajstić information content (AvgIpc) is 2.12. The maximum atomic E-state index is 8.56. The number of hydrogen-bond donors (Lipinski definition) is 1. The molecule has 0 heterocycles. The number of aryl methyl sites for hydroxylation is 1. The van der Waals surface area contributed by atoms with Crippen molar-refractivity contribution in [2.24, 2.45) is 0 Å². The lowest BCUT2D eigenvalue weighted by molar-refractivity contribution is 0.233. The van der Waals surface area contributed by atoms with E-state index in [1.54, 1.807) is 0 Å². The van der Waals surface area contributed by atoms with E-state index in [9.17, 15) is 0 Å². The summed E-state index contributed by atoms with van der Waals surface area (Å²) in [6, 6.07) is 5.85. The van der Waals surface area contributed by atoms with Crippen molar-refractivity contribution in [3.05, 3.63) is 28.2 Å². The van der Waals surface area contributed by atoms with E-state index in [0.29, 0.717) is 13.0 Å². The molecule has 0 radical (unpaired) electrons. The molecule has 0 aliphatic heterocycles. The van der Waals surface area contributed by atoms with Crippen LogP contribution >= 0.6 is 15.9 Å². The van der Waals surface area contributed by atoms with E-state index in [2.05, 4.69) is 15.9 Å². The normalized spacial score (nSPS) is 10.1. The summed E-state index contributed by atoms with van der Waals surface area (Å²) in [6.07, 6.45) is 0.676. The zero-order valence-electron chi connectivity index (χ0n) is 7.59. The molecule has 0 saturated carbocycles. The highest BCUT2D eigenvalue weighted by Gasteiger charge is 1.97. The van der Waals surface area contributed by atoms with Gasteiger partial charge in [-0.05, 0) is 30.7 Å². The lowest BCUT2D eigenvalue weighted by Crippen LogP contribution is -1.99. The molecule has 0 aliphatic rings. The van der Waals surface area contributed by atoms with E-state index in [-0.39, 0.29) is 6.61 Å². The van der Waals surface area contributed by atoms with Gasteiger partial charge in [0.1, 0.15) is 5.75 Å². The minimum absolute atomic E-state index is 0.176. The van der Waals surface area contributed by atoms with Gasteiger partial charge < -0.3 is 9.84 Å². The van der Waals surface area contributed by atoms with Crippen LogP contribution < -0.4 is 4.74 Å². The Balaban J connectivity index is 2.53. The Hall–Kier alpha value is -0.540. The van der Waals surface area contributed by atoms with Crippen LogP contribution in [0.2, 0.25) is 0 Å². The van der Waals surface area contributed by atoms with Crippen LogP contribution in [0.3, 0.4) is 0 Å². The van der Waals surface area contributed by atoms with Gasteiger partial charge in [0.15, 0.2) is 0 Å². The summed E-state index contributed by atoms with van der Waals surface area (Å²) >= 11 is 3.42. The van der Waals surface area contributed by atoms with Gasteiger partial charge in [-0.3, -0.25) is 0 Å². The molecule has 0 bridgehead atoms. The third kappa shape index (κ3) is 3.36. The molecule has 0 amide bonds.